The van der Waals surface area contributed by atoms with Crippen molar-refractivity contribution in [3.8, 4) is 0 Å². The molecule has 3 rings (SSSR count). The van der Waals surface area contributed by atoms with E-state index in [-0.39, 0.29) is 29.8 Å². The maximum atomic E-state index is 12.5. The molecule has 0 bridgehead atoms. The van der Waals surface area contributed by atoms with Crippen LogP contribution in [-0.2, 0) is 17.8 Å². The van der Waals surface area contributed by atoms with Gasteiger partial charge in [-0.15, -0.1) is 5.10 Å². The van der Waals surface area contributed by atoms with Crippen molar-refractivity contribution in [3.05, 3.63) is 70.0 Å². The first kappa shape index (κ1) is 19.4. The third-order valence-electron chi connectivity index (χ3n) is 4.51. The van der Waals surface area contributed by atoms with Crippen molar-refractivity contribution in [2.24, 2.45) is 0 Å². The number of ketones is 1. The van der Waals surface area contributed by atoms with Gasteiger partial charge in [-0.2, -0.15) is 0 Å². The van der Waals surface area contributed by atoms with Crippen LogP contribution in [0.1, 0.15) is 36.2 Å². The molecule has 0 unspecified atom stereocenters. The Hall–Kier alpha value is -3.35. The van der Waals surface area contributed by atoms with Gasteiger partial charge in [-0.3, -0.25) is 14.4 Å². The van der Waals surface area contributed by atoms with E-state index < -0.39 is 0 Å². The zero-order chi connectivity index (χ0) is 20.1. The molecule has 1 heterocycles. The van der Waals surface area contributed by atoms with Crippen molar-refractivity contribution in [2.75, 3.05) is 0 Å². The second-order valence-corrected chi connectivity index (χ2v) is 6.83. The molecule has 0 saturated heterocycles. The summed E-state index contributed by atoms with van der Waals surface area (Å²) in [6.07, 6.45) is 1.61. The van der Waals surface area contributed by atoms with Crippen LogP contribution in [0.4, 0.5) is 0 Å². The molecule has 0 aliphatic heterocycles. The summed E-state index contributed by atoms with van der Waals surface area (Å²) in [6, 6.07) is 14.3. The Kier molecular flexibility index (Phi) is 5.93. The van der Waals surface area contributed by atoms with Crippen LogP contribution in [0.2, 0.25) is 0 Å². The fourth-order valence-corrected chi connectivity index (χ4v) is 3.01. The quantitative estimate of drug-likeness (QED) is 0.636. The van der Waals surface area contributed by atoms with E-state index in [1.54, 1.807) is 36.4 Å². The molecular formula is C21H22N4O3. The molecule has 7 nitrogen and oxygen atoms in total. The van der Waals surface area contributed by atoms with Crippen LogP contribution in [0.15, 0.2) is 53.3 Å². The van der Waals surface area contributed by atoms with Crippen molar-refractivity contribution in [3.63, 3.8) is 0 Å². The van der Waals surface area contributed by atoms with Gasteiger partial charge in [-0.05, 0) is 37.5 Å². The lowest BCUT2D eigenvalue weighted by Gasteiger charge is -2.12. The van der Waals surface area contributed by atoms with Crippen molar-refractivity contribution >= 4 is 22.6 Å². The molecule has 0 fully saturated rings. The lowest BCUT2D eigenvalue weighted by Crippen LogP contribution is -2.30. The molecule has 0 radical (unpaired) electrons. The molecule has 1 N–H and O–H groups in total. The summed E-state index contributed by atoms with van der Waals surface area (Å²) in [7, 11) is 0. The molecular weight excluding hydrogens is 356 g/mol. The van der Waals surface area contributed by atoms with Gasteiger partial charge in [0.15, 0.2) is 5.78 Å². The molecule has 7 heteroatoms. The van der Waals surface area contributed by atoms with Crippen LogP contribution < -0.4 is 10.9 Å². The number of amides is 1. The van der Waals surface area contributed by atoms with E-state index in [9.17, 15) is 14.4 Å². The molecule has 0 aliphatic rings. The normalized spacial score (nSPS) is 11.9. The number of aromatic nitrogens is 3. The van der Waals surface area contributed by atoms with Crippen LogP contribution in [-0.4, -0.2) is 32.7 Å². The van der Waals surface area contributed by atoms with Crippen LogP contribution in [0.3, 0.4) is 0 Å². The zero-order valence-electron chi connectivity index (χ0n) is 15.9. The molecule has 1 atom stereocenters. The molecule has 1 amide bonds. The molecule has 144 valence electrons. The van der Waals surface area contributed by atoms with Crippen LogP contribution in [0, 0.1) is 0 Å². The monoisotopic (exact) mass is 378 g/mol. The van der Waals surface area contributed by atoms with E-state index in [0.29, 0.717) is 16.5 Å². The third-order valence-corrected chi connectivity index (χ3v) is 4.51. The first-order chi connectivity index (χ1) is 13.4. The second kappa shape index (κ2) is 8.56. The minimum Gasteiger partial charge on any atom is -0.354 e. The number of hydrogen-bond donors (Lipinski definition) is 1. The summed E-state index contributed by atoms with van der Waals surface area (Å²) in [5, 5.41) is 11.1. The molecule has 2 aromatic carbocycles. The van der Waals surface area contributed by atoms with Crippen molar-refractivity contribution < 1.29 is 9.59 Å². The average Bonchev–Trinajstić information content (AvgIpc) is 2.68. The Morgan fingerprint density at radius 3 is 2.54 bits per heavy atom. The topological polar surface area (TPSA) is 93.9 Å². The highest BCUT2D eigenvalue weighted by Crippen LogP contribution is 2.10. The highest BCUT2D eigenvalue weighted by Gasteiger charge is 2.12. The minimum absolute atomic E-state index is 0.0412. The average molecular weight is 378 g/mol. The summed E-state index contributed by atoms with van der Waals surface area (Å²) in [6.45, 7) is 3.30. The van der Waals surface area contributed by atoms with Crippen LogP contribution in [0.5, 0.6) is 0 Å². The molecule has 28 heavy (non-hydrogen) atoms. The standard InChI is InChI=1S/C21H22N4O3/c1-14(22-15(2)26)7-8-16-9-11-17(12-10-16)20(27)13-25-21(28)18-5-3-4-6-19(18)23-24-25/h3-6,9-12,14H,7-8,13H2,1-2H3,(H,22,26)/t14-/m0/s1. The maximum absolute atomic E-state index is 12.5. The van der Waals surface area contributed by atoms with E-state index in [2.05, 4.69) is 15.6 Å². The SMILES string of the molecule is CC(=O)N[C@@H](C)CCc1ccc(C(=O)Cn2nnc3ccccc3c2=O)cc1. The molecule has 0 saturated carbocycles. The Morgan fingerprint density at radius 2 is 1.82 bits per heavy atom. The summed E-state index contributed by atoms with van der Waals surface area (Å²) in [4.78, 5) is 36.0. The van der Waals surface area contributed by atoms with E-state index in [1.165, 1.54) is 6.92 Å². The molecule has 1 aromatic heterocycles. The number of fused-ring (bicyclic) bond motifs is 1. The van der Waals surface area contributed by atoms with Gasteiger partial charge >= 0.3 is 0 Å². The van der Waals surface area contributed by atoms with Crippen LogP contribution in [0.25, 0.3) is 10.9 Å². The van der Waals surface area contributed by atoms with Gasteiger partial charge in [0.1, 0.15) is 12.1 Å². The smallest absolute Gasteiger partial charge is 0.278 e. The van der Waals surface area contributed by atoms with Crippen molar-refractivity contribution in [1.29, 1.82) is 0 Å². The predicted molar refractivity (Wildman–Crippen MR) is 106 cm³/mol. The number of carbonyl (C=O) groups is 2. The number of nitrogens with one attached hydrogen (secondary N) is 1. The van der Waals surface area contributed by atoms with Crippen molar-refractivity contribution in [2.45, 2.75) is 39.3 Å². The van der Waals surface area contributed by atoms with E-state index in [4.69, 9.17) is 0 Å². The zero-order valence-corrected chi connectivity index (χ0v) is 15.9. The van der Waals surface area contributed by atoms with Crippen molar-refractivity contribution in [1.82, 2.24) is 20.3 Å². The Bertz CT molecular complexity index is 1060. The molecule has 3 aromatic rings. The van der Waals surface area contributed by atoms with Crippen LogP contribution >= 0.6 is 0 Å². The summed E-state index contributed by atoms with van der Waals surface area (Å²) < 4.78 is 1.09. The summed E-state index contributed by atoms with van der Waals surface area (Å²) >= 11 is 0. The highest BCUT2D eigenvalue weighted by molar-refractivity contribution is 5.96. The highest BCUT2D eigenvalue weighted by atomic mass is 16.2. The first-order valence-corrected chi connectivity index (χ1v) is 9.16. The third kappa shape index (κ3) is 4.68. The van der Waals surface area contributed by atoms with E-state index in [1.807, 2.05) is 19.1 Å². The lowest BCUT2D eigenvalue weighted by atomic mass is 10.0. The summed E-state index contributed by atoms with van der Waals surface area (Å²) in [5.41, 5.74) is 1.77. The van der Waals surface area contributed by atoms with E-state index >= 15 is 0 Å². The number of benzene rings is 2. The molecule has 0 aliphatic carbocycles. The first-order valence-electron chi connectivity index (χ1n) is 9.16. The number of aryl methyl sites for hydroxylation is 1. The van der Waals surface area contributed by atoms with E-state index in [0.717, 1.165) is 23.1 Å². The van der Waals surface area contributed by atoms with Gasteiger partial charge in [0.25, 0.3) is 5.56 Å². The summed E-state index contributed by atoms with van der Waals surface area (Å²) in [5.74, 6) is -0.245. The Morgan fingerprint density at radius 1 is 1.11 bits per heavy atom. The fraction of sp³-hybridized carbons (Fsp3) is 0.286. The number of Topliss-reactive ketones (excluding diaryl/α,β-unsaturated/α-hetero) is 1. The van der Waals surface area contributed by atoms with Gasteiger partial charge in [0.05, 0.1) is 5.39 Å². The second-order valence-electron chi connectivity index (χ2n) is 6.83. The predicted octanol–water partition coefficient (Wildman–Crippen LogP) is 2.13. The van der Waals surface area contributed by atoms with Gasteiger partial charge < -0.3 is 5.32 Å². The van der Waals surface area contributed by atoms with Gasteiger partial charge in [0, 0.05) is 18.5 Å². The lowest BCUT2D eigenvalue weighted by molar-refractivity contribution is -0.119. The van der Waals surface area contributed by atoms with Gasteiger partial charge in [-0.25, -0.2) is 4.68 Å². The number of nitrogens with zero attached hydrogens (tertiary/aromatic N) is 3. The number of carbonyl (C=O) groups excluding carboxylic acids is 2. The van der Waals surface area contributed by atoms with Gasteiger partial charge in [0.2, 0.25) is 5.91 Å². The number of rotatable bonds is 7. The number of hydrogen-bond acceptors (Lipinski definition) is 5. The maximum Gasteiger partial charge on any atom is 0.278 e. The Labute approximate surface area is 162 Å². The molecule has 0 spiro atoms. The largest absolute Gasteiger partial charge is 0.354 e. The minimum atomic E-state index is -0.331. The Balaban J connectivity index is 1.66. The fourth-order valence-electron chi connectivity index (χ4n) is 3.01. The van der Waals surface area contributed by atoms with Gasteiger partial charge in [-0.1, -0.05) is 41.6 Å².